The van der Waals surface area contributed by atoms with Crippen LogP contribution in [0.15, 0.2) is 54.7 Å². The van der Waals surface area contributed by atoms with Gasteiger partial charge in [-0.3, -0.25) is 9.69 Å². The Kier molecular flexibility index (Phi) is 9.95. The van der Waals surface area contributed by atoms with Crippen molar-refractivity contribution < 1.29 is 14.3 Å². The molecule has 0 aliphatic heterocycles. The number of halogens is 3. The zero-order valence-corrected chi connectivity index (χ0v) is 21.2. The van der Waals surface area contributed by atoms with Gasteiger partial charge in [-0.25, -0.2) is 4.39 Å². The van der Waals surface area contributed by atoms with Crippen molar-refractivity contribution in [2.24, 2.45) is 0 Å². The number of aryl methyl sites for hydroxylation is 1. The molecular weight excluding hydrogens is 476 g/mol. The minimum atomic E-state index is -0.816. The fourth-order valence-electron chi connectivity index (χ4n) is 5.23. The van der Waals surface area contributed by atoms with Crippen molar-refractivity contribution in [2.45, 2.75) is 56.1 Å². The number of hydrogen-bond donors (Lipinski definition) is 3. The third-order valence-corrected chi connectivity index (χ3v) is 7.15. The monoisotopic (exact) mass is 509 g/mol. The van der Waals surface area contributed by atoms with Crippen LogP contribution >= 0.6 is 24.8 Å². The van der Waals surface area contributed by atoms with E-state index < -0.39 is 12.0 Å². The summed E-state index contributed by atoms with van der Waals surface area (Å²) < 4.78 is 13.4. The maximum Gasteiger partial charge on any atom is 0.320 e. The molecule has 1 aliphatic rings. The Morgan fingerprint density at radius 2 is 1.85 bits per heavy atom. The smallest absolute Gasteiger partial charge is 0.320 e. The van der Waals surface area contributed by atoms with Crippen molar-refractivity contribution in [3.8, 4) is 0 Å². The summed E-state index contributed by atoms with van der Waals surface area (Å²) in [6, 6.07) is 14.9. The number of rotatable bonds is 8. The second-order valence-electron chi connectivity index (χ2n) is 9.17. The van der Waals surface area contributed by atoms with Crippen LogP contribution in [0.5, 0.6) is 0 Å². The highest BCUT2D eigenvalue weighted by molar-refractivity contribution is 5.85. The first kappa shape index (κ1) is 28.1. The summed E-state index contributed by atoms with van der Waals surface area (Å²) in [5.41, 5.74) is 3.09. The molecule has 2 aromatic carbocycles. The molecule has 186 valence electrons. The number of nitrogens with one attached hydrogen (secondary N) is 2. The minimum Gasteiger partial charge on any atom is -0.480 e. The molecule has 1 heterocycles. The van der Waals surface area contributed by atoms with Gasteiger partial charge in [0, 0.05) is 28.7 Å². The largest absolute Gasteiger partial charge is 0.480 e. The van der Waals surface area contributed by atoms with E-state index in [9.17, 15) is 14.3 Å². The number of carbonyl (C=O) groups is 1. The molecule has 0 bridgehead atoms. The lowest BCUT2D eigenvalue weighted by molar-refractivity contribution is -0.140. The molecule has 4 rings (SSSR count). The molecule has 0 spiro atoms. The van der Waals surface area contributed by atoms with Crippen LogP contribution in [0.25, 0.3) is 10.9 Å². The van der Waals surface area contributed by atoms with Crippen molar-refractivity contribution in [1.29, 1.82) is 0 Å². The molecule has 1 saturated carbocycles. The molecule has 3 N–H and O–H groups in total. The third-order valence-electron chi connectivity index (χ3n) is 7.15. The number of carboxylic acid groups (broad SMARTS) is 1. The zero-order valence-electron chi connectivity index (χ0n) is 19.6. The Morgan fingerprint density at radius 1 is 1.18 bits per heavy atom. The quantitative estimate of drug-likeness (QED) is 0.373. The van der Waals surface area contributed by atoms with E-state index in [1.807, 2.05) is 12.3 Å². The van der Waals surface area contributed by atoms with Gasteiger partial charge in [0.2, 0.25) is 0 Å². The lowest BCUT2D eigenvalue weighted by atomic mass is 9.74. The zero-order chi connectivity index (χ0) is 22.7. The van der Waals surface area contributed by atoms with E-state index in [-0.39, 0.29) is 42.2 Å². The number of aromatic nitrogens is 1. The highest BCUT2D eigenvalue weighted by Crippen LogP contribution is 2.41. The predicted octanol–water partition coefficient (Wildman–Crippen LogP) is 5.53. The summed E-state index contributed by atoms with van der Waals surface area (Å²) in [5, 5.41) is 14.2. The first-order valence-electron chi connectivity index (χ1n) is 11.4. The Labute approximate surface area is 212 Å². The molecule has 0 saturated heterocycles. The topological polar surface area (TPSA) is 68.4 Å². The van der Waals surface area contributed by atoms with Gasteiger partial charge in [-0.15, -0.1) is 24.8 Å². The predicted molar refractivity (Wildman–Crippen MR) is 140 cm³/mol. The van der Waals surface area contributed by atoms with Crippen LogP contribution in [-0.2, 0) is 16.8 Å². The highest BCUT2D eigenvalue weighted by atomic mass is 35.5. The Bertz CT molecular complexity index is 1070. The Balaban J connectivity index is 0.00000204. The maximum absolute atomic E-state index is 13.4. The molecule has 8 heteroatoms. The summed E-state index contributed by atoms with van der Waals surface area (Å²) >= 11 is 0. The molecule has 1 aliphatic carbocycles. The van der Waals surface area contributed by atoms with Gasteiger partial charge in [-0.2, -0.15) is 0 Å². The van der Waals surface area contributed by atoms with E-state index in [0.717, 1.165) is 42.1 Å². The Hall–Kier alpha value is -2.12. The van der Waals surface area contributed by atoms with Crippen LogP contribution in [0.4, 0.5) is 4.39 Å². The average molecular weight is 510 g/mol. The summed E-state index contributed by atoms with van der Waals surface area (Å²) in [5.74, 6) is -1.10. The maximum atomic E-state index is 13.4. The number of benzene rings is 2. The number of aromatic amines is 1. The fraction of sp³-hybridized carbons (Fsp3) is 0.423. The lowest BCUT2D eigenvalue weighted by Crippen LogP contribution is -2.50. The van der Waals surface area contributed by atoms with Crippen molar-refractivity contribution >= 4 is 41.7 Å². The molecule has 1 fully saturated rings. The van der Waals surface area contributed by atoms with E-state index in [0.29, 0.717) is 12.8 Å². The van der Waals surface area contributed by atoms with E-state index in [4.69, 9.17) is 0 Å². The van der Waals surface area contributed by atoms with Crippen molar-refractivity contribution in [2.75, 3.05) is 14.1 Å². The van der Waals surface area contributed by atoms with Crippen LogP contribution in [0.3, 0.4) is 0 Å². The number of H-pyrrole nitrogens is 1. The van der Waals surface area contributed by atoms with Gasteiger partial charge in [0.1, 0.15) is 11.9 Å². The standard InChI is InChI=1S/C26H32FN3O2.2ClH/c1-30(2)26(19-6-4-3-5-7-19)14-12-21(13-15-26)29-23(25(31)32)11-8-18-17-28-24-16-20(27)9-10-22(18)24;;/h3-7,9-10,16-17,21,23,28-29H,8,11-15H2,1-2H3,(H,31,32);2*1H. The molecule has 1 unspecified atom stereocenters. The van der Waals surface area contributed by atoms with E-state index in [2.05, 4.69) is 53.6 Å². The summed E-state index contributed by atoms with van der Waals surface area (Å²) in [7, 11) is 4.27. The van der Waals surface area contributed by atoms with E-state index >= 15 is 0 Å². The number of nitrogens with zero attached hydrogens (tertiary/aromatic N) is 1. The molecular formula is C26H34Cl2FN3O2. The summed E-state index contributed by atoms with van der Waals surface area (Å²) in [6.45, 7) is 0. The van der Waals surface area contributed by atoms with Gasteiger partial charge in [0.15, 0.2) is 0 Å². The van der Waals surface area contributed by atoms with Crippen LogP contribution in [-0.4, -0.2) is 47.1 Å². The van der Waals surface area contributed by atoms with Gasteiger partial charge in [0.25, 0.3) is 0 Å². The second-order valence-corrected chi connectivity index (χ2v) is 9.17. The molecule has 0 radical (unpaired) electrons. The number of fused-ring (bicyclic) bond motifs is 1. The second kappa shape index (κ2) is 12.0. The van der Waals surface area contributed by atoms with Gasteiger partial charge >= 0.3 is 5.97 Å². The van der Waals surface area contributed by atoms with Gasteiger partial charge in [-0.1, -0.05) is 30.3 Å². The lowest BCUT2D eigenvalue weighted by Gasteiger charge is -2.46. The normalized spacial score (nSPS) is 21.0. The van der Waals surface area contributed by atoms with E-state index in [1.54, 1.807) is 6.07 Å². The Morgan fingerprint density at radius 3 is 2.47 bits per heavy atom. The number of carboxylic acids is 1. The average Bonchev–Trinajstić information content (AvgIpc) is 3.19. The van der Waals surface area contributed by atoms with Crippen molar-refractivity contribution in [3.63, 3.8) is 0 Å². The van der Waals surface area contributed by atoms with E-state index in [1.165, 1.54) is 17.7 Å². The van der Waals surface area contributed by atoms with Crippen LogP contribution < -0.4 is 5.32 Å². The SMILES string of the molecule is CN(C)C1(c2ccccc2)CCC(NC(CCc2c[nH]c3cc(F)ccc23)C(=O)O)CC1.Cl.Cl. The molecule has 5 nitrogen and oxygen atoms in total. The summed E-state index contributed by atoms with van der Waals surface area (Å²) in [6.07, 6.45) is 6.81. The molecule has 34 heavy (non-hydrogen) atoms. The minimum absolute atomic E-state index is 0. The summed E-state index contributed by atoms with van der Waals surface area (Å²) in [4.78, 5) is 17.4. The molecule has 1 aromatic heterocycles. The van der Waals surface area contributed by atoms with Crippen LogP contribution in [0.1, 0.15) is 43.2 Å². The van der Waals surface area contributed by atoms with Crippen molar-refractivity contribution in [3.05, 3.63) is 71.7 Å². The van der Waals surface area contributed by atoms with Gasteiger partial charge in [0.05, 0.1) is 0 Å². The highest BCUT2D eigenvalue weighted by Gasteiger charge is 2.39. The molecule has 1 atom stereocenters. The van der Waals surface area contributed by atoms with Crippen molar-refractivity contribution in [1.82, 2.24) is 15.2 Å². The first-order valence-corrected chi connectivity index (χ1v) is 11.4. The number of hydrogen-bond acceptors (Lipinski definition) is 3. The number of aliphatic carboxylic acids is 1. The fourth-order valence-corrected chi connectivity index (χ4v) is 5.23. The van der Waals surface area contributed by atoms with Gasteiger partial charge in [-0.05, 0) is 81.9 Å². The molecule has 3 aromatic rings. The van der Waals surface area contributed by atoms with Crippen LogP contribution in [0.2, 0.25) is 0 Å². The molecule has 0 amide bonds. The van der Waals surface area contributed by atoms with Gasteiger partial charge < -0.3 is 15.4 Å². The third kappa shape index (κ3) is 5.92. The first-order chi connectivity index (χ1) is 15.4. The van der Waals surface area contributed by atoms with Crippen LogP contribution in [0, 0.1) is 5.82 Å².